The summed E-state index contributed by atoms with van der Waals surface area (Å²) in [6, 6.07) is 72.8. The molecule has 0 aliphatic heterocycles. The molecule has 0 aliphatic carbocycles. The summed E-state index contributed by atoms with van der Waals surface area (Å²) >= 11 is 1.91. The summed E-state index contributed by atoms with van der Waals surface area (Å²) in [5.74, 6) is 0. The second kappa shape index (κ2) is 14.3. The molecule has 3 heterocycles. The van der Waals surface area contributed by atoms with Gasteiger partial charge in [-0.3, -0.25) is 0 Å². The maximum absolute atomic E-state index is 5.31. The second-order valence-corrected chi connectivity index (χ2v) is 17.8. The lowest BCUT2D eigenvalue weighted by molar-refractivity contribution is 0.591. The van der Waals surface area contributed by atoms with Crippen LogP contribution in [0.4, 0.5) is 0 Å². The van der Waals surface area contributed by atoms with E-state index in [0.717, 1.165) is 44.9 Å². The van der Waals surface area contributed by atoms with Crippen molar-refractivity contribution in [2.24, 2.45) is 0 Å². The molecule has 11 aromatic rings. The van der Waals surface area contributed by atoms with E-state index < -0.39 is 0 Å². The molecule has 8 aromatic carbocycles. The van der Waals surface area contributed by atoms with Crippen molar-refractivity contribution in [2.75, 3.05) is 0 Å². The molecule has 286 valence electrons. The van der Waals surface area contributed by atoms with Crippen molar-refractivity contribution in [3.63, 3.8) is 0 Å². The van der Waals surface area contributed by atoms with Gasteiger partial charge in [-0.2, -0.15) is 0 Å². The van der Waals surface area contributed by atoms with Crippen molar-refractivity contribution in [3.8, 4) is 61.6 Å². The van der Waals surface area contributed by atoms with Crippen LogP contribution < -0.4 is 0 Å². The topological polar surface area (TPSA) is 17.8 Å². The number of fused-ring (bicyclic) bond motifs is 6. The molecule has 0 saturated carbocycles. The molecule has 60 heavy (non-hydrogen) atoms. The minimum Gasteiger partial charge on any atom is -0.309 e. The number of hydrogen-bond acceptors (Lipinski definition) is 2. The molecule has 0 atom stereocenters. The Hall–Kier alpha value is -7.07. The largest absolute Gasteiger partial charge is 0.309 e. The lowest BCUT2D eigenvalue weighted by Crippen LogP contribution is -2.10. The molecule has 0 spiro atoms. The number of hydrogen-bond donors (Lipinski definition) is 0. The first-order chi connectivity index (χ1) is 29.4. The number of para-hydroxylation sites is 1. The minimum absolute atomic E-state index is 0.113. The van der Waals surface area contributed by atoms with Crippen LogP contribution in [0.5, 0.6) is 0 Å². The van der Waals surface area contributed by atoms with E-state index in [1.54, 1.807) is 0 Å². The third-order valence-corrected chi connectivity index (χ3v) is 13.2. The Labute approximate surface area is 354 Å². The fraction of sp³-hybridized carbons (Fsp3) is 0.0702. The van der Waals surface area contributed by atoms with Gasteiger partial charge in [-0.05, 0) is 92.9 Å². The fourth-order valence-corrected chi connectivity index (χ4v) is 10.2. The number of rotatable bonds is 6. The van der Waals surface area contributed by atoms with Crippen LogP contribution in [-0.4, -0.2) is 9.55 Å². The van der Waals surface area contributed by atoms with Gasteiger partial charge in [-0.25, -0.2) is 4.98 Å². The first kappa shape index (κ1) is 36.0. The van der Waals surface area contributed by atoms with Crippen LogP contribution in [0, 0.1) is 0 Å². The van der Waals surface area contributed by atoms with Crippen molar-refractivity contribution in [2.45, 2.75) is 26.2 Å². The first-order valence-corrected chi connectivity index (χ1v) is 21.5. The van der Waals surface area contributed by atoms with E-state index in [2.05, 4.69) is 226 Å². The highest BCUT2D eigenvalue weighted by Crippen LogP contribution is 2.43. The molecule has 11 rings (SSSR count). The summed E-state index contributed by atoms with van der Waals surface area (Å²) in [5, 5.41) is 5.12. The van der Waals surface area contributed by atoms with Gasteiger partial charge in [0, 0.05) is 47.8 Å². The fourth-order valence-electron chi connectivity index (χ4n) is 8.88. The first-order valence-electron chi connectivity index (χ1n) is 20.7. The second-order valence-electron chi connectivity index (χ2n) is 16.8. The molecule has 3 aromatic heterocycles. The molecule has 0 N–H and O–H groups in total. The zero-order valence-electron chi connectivity index (χ0n) is 33.9. The Kier molecular flexibility index (Phi) is 8.61. The van der Waals surface area contributed by atoms with Crippen molar-refractivity contribution in [1.29, 1.82) is 0 Å². The van der Waals surface area contributed by atoms with Crippen LogP contribution in [0.15, 0.2) is 200 Å². The van der Waals surface area contributed by atoms with Gasteiger partial charge in [-0.1, -0.05) is 172 Å². The van der Waals surface area contributed by atoms with Gasteiger partial charge in [0.1, 0.15) is 0 Å². The number of pyridine rings is 1. The van der Waals surface area contributed by atoms with E-state index in [-0.39, 0.29) is 5.41 Å². The lowest BCUT2D eigenvalue weighted by atomic mass is 9.87. The molecular weight excluding hydrogens is 745 g/mol. The molecule has 0 saturated heterocycles. The van der Waals surface area contributed by atoms with Gasteiger partial charge in [0.25, 0.3) is 0 Å². The average molecular weight is 787 g/mol. The van der Waals surface area contributed by atoms with Crippen LogP contribution in [0.25, 0.3) is 104 Å². The summed E-state index contributed by atoms with van der Waals surface area (Å²) < 4.78 is 5.10. The maximum atomic E-state index is 5.31. The molecule has 0 amide bonds. The normalized spacial score (nSPS) is 11.9. The summed E-state index contributed by atoms with van der Waals surface area (Å²) in [6.07, 6.45) is 0. The molecule has 0 unspecified atom stereocenters. The summed E-state index contributed by atoms with van der Waals surface area (Å²) in [7, 11) is 0. The molecule has 0 aliphatic rings. The SMILES string of the molecule is CC(C)(C)c1ccc2c(c1)sc1c(-c3ccc(-n4c5ccccc5c5cc(-c6ccccc6-c6cc(-c7ccccc7)cc(-c7ccccc7)n6)ccc54)cc3)cccc12. The van der Waals surface area contributed by atoms with Crippen molar-refractivity contribution in [1.82, 2.24) is 9.55 Å². The Bertz CT molecular complexity index is 3330. The van der Waals surface area contributed by atoms with Gasteiger partial charge < -0.3 is 4.57 Å². The summed E-state index contributed by atoms with van der Waals surface area (Å²) in [4.78, 5) is 5.31. The predicted octanol–water partition coefficient (Wildman–Crippen LogP) is 16.2. The molecule has 2 nitrogen and oxygen atoms in total. The van der Waals surface area contributed by atoms with Crippen LogP contribution in [0.1, 0.15) is 26.3 Å². The summed E-state index contributed by atoms with van der Waals surface area (Å²) in [5.41, 5.74) is 16.3. The smallest absolute Gasteiger partial charge is 0.0721 e. The standard InChI is InChI=1S/C57H42N2S/c1-57(2,3)42-28-31-48-49-23-14-22-45(56(49)60-55(48)36-42)38-25-29-43(30-26-38)59-53-24-13-12-21-47(53)50-33-40(27-32-54(50)59)44-19-10-11-20-46(44)52-35-41(37-15-6-4-7-16-37)34-51(58-52)39-17-8-5-9-18-39/h4-36H,1-3H3. The number of nitrogens with zero attached hydrogens (tertiary/aromatic N) is 2. The number of aromatic nitrogens is 2. The average Bonchev–Trinajstić information content (AvgIpc) is 3.84. The van der Waals surface area contributed by atoms with Crippen molar-refractivity contribution in [3.05, 3.63) is 206 Å². The van der Waals surface area contributed by atoms with Gasteiger partial charge in [0.2, 0.25) is 0 Å². The molecule has 0 fully saturated rings. The Morgan fingerprint density at radius 1 is 0.400 bits per heavy atom. The Morgan fingerprint density at radius 2 is 1.03 bits per heavy atom. The van der Waals surface area contributed by atoms with Gasteiger partial charge in [0.05, 0.1) is 22.4 Å². The van der Waals surface area contributed by atoms with Crippen molar-refractivity contribution >= 4 is 53.3 Å². The van der Waals surface area contributed by atoms with Gasteiger partial charge >= 0.3 is 0 Å². The quantitative estimate of drug-likeness (QED) is 0.164. The zero-order valence-corrected chi connectivity index (χ0v) is 34.7. The highest BCUT2D eigenvalue weighted by molar-refractivity contribution is 7.26. The molecule has 0 radical (unpaired) electrons. The minimum atomic E-state index is 0.113. The van der Waals surface area contributed by atoms with E-state index in [1.807, 2.05) is 11.3 Å². The lowest BCUT2D eigenvalue weighted by Gasteiger charge is -2.18. The van der Waals surface area contributed by atoms with Crippen molar-refractivity contribution < 1.29 is 0 Å². The van der Waals surface area contributed by atoms with E-state index in [9.17, 15) is 0 Å². The molecule has 3 heteroatoms. The zero-order chi connectivity index (χ0) is 40.4. The molecule has 0 bridgehead atoms. The van der Waals surface area contributed by atoms with E-state index in [4.69, 9.17) is 4.98 Å². The van der Waals surface area contributed by atoms with E-state index in [1.165, 1.54) is 64.2 Å². The number of thiophene rings is 1. The Morgan fingerprint density at radius 3 is 1.82 bits per heavy atom. The highest BCUT2D eigenvalue weighted by Gasteiger charge is 2.19. The third-order valence-electron chi connectivity index (χ3n) is 12.0. The van der Waals surface area contributed by atoms with E-state index in [0.29, 0.717) is 0 Å². The van der Waals surface area contributed by atoms with E-state index >= 15 is 0 Å². The predicted molar refractivity (Wildman–Crippen MR) is 257 cm³/mol. The van der Waals surface area contributed by atoms with Gasteiger partial charge in [-0.15, -0.1) is 11.3 Å². The van der Waals surface area contributed by atoms with Crippen LogP contribution >= 0.6 is 11.3 Å². The molecular formula is C57H42N2S. The number of benzene rings is 8. The van der Waals surface area contributed by atoms with Crippen LogP contribution in [0.2, 0.25) is 0 Å². The van der Waals surface area contributed by atoms with Gasteiger partial charge in [0.15, 0.2) is 0 Å². The monoisotopic (exact) mass is 786 g/mol. The highest BCUT2D eigenvalue weighted by atomic mass is 32.1. The van der Waals surface area contributed by atoms with Crippen LogP contribution in [-0.2, 0) is 5.41 Å². The maximum Gasteiger partial charge on any atom is 0.0721 e. The van der Waals surface area contributed by atoms with Crippen LogP contribution in [0.3, 0.4) is 0 Å². The Balaban J connectivity index is 1.01. The summed E-state index contributed by atoms with van der Waals surface area (Å²) in [6.45, 7) is 6.86. The third kappa shape index (κ3) is 6.22.